The molecule has 0 amide bonds. The second-order valence-electron chi connectivity index (χ2n) is 6.95. The number of aromatic nitrogens is 2. The van der Waals surface area contributed by atoms with Gasteiger partial charge in [0.05, 0.1) is 11.4 Å². The largest absolute Gasteiger partial charge is 0.339 e. The minimum Gasteiger partial charge on any atom is -0.339 e. The van der Waals surface area contributed by atoms with Crippen molar-refractivity contribution in [2.24, 2.45) is 0 Å². The first-order valence-corrected chi connectivity index (χ1v) is 9.73. The quantitative estimate of drug-likeness (QED) is 0.742. The summed E-state index contributed by atoms with van der Waals surface area (Å²) in [6.07, 6.45) is 0. The Hall–Kier alpha value is -2.51. The summed E-state index contributed by atoms with van der Waals surface area (Å²) in [5.41, 5.74) is 1.19. The van der Waals surface area contributed by atoms with Crippen LogP contribution in [0, 0.1) is 0 Å². The highest BCUT2D eigenvalue weighted by Gasteiger charge is 2.23. The van der Waals surface area contributed by atoms with E-state index in [0.29, 0.717) is 17.3 Å². The molecule has 0 fully saturated rings. The summed E-state index contributed by atoms with van der Waals surface area (Å²) < 4.78 is 33.4. The van der Waals surface area contributed by atoms with Gasteiger partial charge in [0.1, 0.15) is 0 Å². The lowest BCUT2D eigenvalue weighted by atomic mass is 9.97. The predicted molar refractivity (Wildman–Crippen MR) is 98.9 cm³/mol. The van der Waals surface area contributed by atoms with E-state index in [0.717, 1.165) is 5.56 Å². The highest BCUT2D eigenvalue weighted by molar-refractivity contribution is 7.89. The second kappa shape index (κ2) is 7.01. The van der Waals surface area contributed by atoms with E-state index in [2.05, 4.69) is 14.9 Å². The summed E-state index contributed by atoms with van der Waals surface area (Å²) in [6.45, 7) is 5.81. The molecule has 1 heterocycles. The Morgan fingerprint density at radius 3 is 2.31 bits per heavy atom. The summed E-state index contributed by atoms with van der Waals surface area (Å²) in [5.74, 6) is 0.770. The van der Waals surface area contributed by atoms with E-state index in [9.17, 15) is 8.42 Å². The monoisotopic (exact) mass is 371 g/mol. The van der Waals surface area contributed by atoms with Crippen LogP contribution in [0.4, 0.5) is 0 Å². The molecule has 3 aromatic rings. The standard InChI is InChI=1S/C19H21N3O3S/c1-19(2,3)18-21-17(22-25-18)13-20-26(23,24)16-12-8-7-11-15(16)14-9-5-4-6-10-14/h4-12,20H,13H2,1-3H3. The molecule has 0 saturated heterocycles. The Bertz CT molecular complexity index is 990. The lowest BCUT2D eigenvalue weighted by Gasteiger charge is -2.11. The number of rotatable bonds is 5. The molecule has 2 aromatic carbocycles. The van der Waals surface area contributed by atoms with Gasteiger partial charge in [-0.05, 0) is 11.6 Å². The van der Waals surface area contributed by atoms with Crippen LogP contribution in [0.25, 0.3) is 11.1 Å². The number of hydrogen-bond donors (Lipinski definition) is 1. The minimum atomic E-state index is -3.74. The van der Waals surface area contributed by atoms with Gasteiger partial charge in [-0.15, -0.1) is 0 Å². The number of sulfonamides is 1. The van der Waals surface area contributed by atoms with Crippen molar-refractivity contribution in [3.05, 3.63) is 66.3 Å². The van der Waals surface area contributed by atoms with Gasteiger partial charge < -0.3 is 4.52 Å². The van der Waals surface area contributed by atoms with Crippen LogP contribution in [0.1, 0.15) is 32.5 Å². The van der Waals surface area contributed by atoms with Crippen molar-refractivity contribution in [3.8, 4) is 11.1 Å². The molecule has 1 aromatic heterocycles. The third-order valence-electron chi connectivity index (χ3n) is 3.79. The fraction of sp³-hybridized carbons (Fsp3) is 0.263. The highest BCUT2D eigenvalue weighted by atomic mass is 32.2. The van der Waals surface area contributed by atoms with Crippen LogP contribution < -0.4 is 4.72 Å². The van der Waals surface area contributed by atoms with E-state index in [1.807, 2.05) is 57.2 Å². The zero-order valence-electron chi connectivity index (χ0n) is 14.9. The smallest absolute Gasteiger partial charge is 0.241 e. The number of hydrogen-bond acceptors (Lipinski definition) is 5. The van der Waals surface area contributed by atoms with Gasteiger partial charge in [-0.2, -0.15) is 4.98 Å². The molecule has 0 aliphatic heterocycles. The maximum atomic E-state index is 12.8. The van der Waals surface area contributed by atoms with Crippen molar-refractivity contribution in [1.29, 1.82) is 0 Å². The van der Waals surface area contributed by atoms with Crippen molar-refractivity contribution in [1.82, 2.24) is 14.9 Å². The third-order valence-corrected chi connectivity index (χ3v) is 5.25. The van der Waals surface area contributed by atoms with Crippen molar-refractivity contribution in [2.75, 3.05) is 0 Å². The molecule has 0 radical (unpaired) electrons. The average Bonchev–Trinajstić information content (AvgIpc) is 3.10. The lowest BCUT2D eigenvalue weighted by molar-refractivity contribution is 0.318. The van der Waals surface area contributed by atoms with Crippen LogP contribution in [-0.2, 0) is 22.0 Å². The molecule has 136 valence electrons. The molecule has 0 unspecified atom stereocenters. The van der Waals surface area contributed by atoms with E-state index < -0.39 is 10.0 Å². The van der Waals surface area contributed by atoms with E-state index in [4.69, 9.17) is 4.52 Å². The van der Waals surface area contributed by atoms with Crippen LogP contribution in [0.3, 0.4) is 0 Å². The Labute approximate surface area is 153 Å². The van der Waals surface area contributed by atoms with Gasteiger partial charge in [-0.3, -0.25) is 0 Å². The normalized spacial score (nSPS) is 12.3. The molecule has 0 atom stereocenters. The molecule has 3 rings (SSSR count). The maximum absolute atomic E-state index is 12.8. The molecular formula is C19H21N3O3S. The molecule has 0 aliphatic carbocycles. The predicted octanol–water partition coefficient (Wildman–Crippen LogP) is 3.51. The van der Waals surface area contributed by atoms with Gasteiger partial charge in [0.2, 0.25) is 15.9 Å². The lowest BCUT2D eigenvalue weighted by Crippen LogP contribution is -2.24. The Morgan fingerprint density at radius 1 is 1.00 bits per heavy atom. The molecule has 0 bridgehead atoms. The van der Waals surface area contributed by atoms with Crippen LogP contribution in [-0.4, -0.2) is 18.6 Å². The average molecular weight is 371 g/mol. The number of nitrogens with one attached hydrogen (secondary N) is 1. The SMILES string of the molecule is CC(C)(C)c1nc(CNS(=O)(=O)c2ccccc2-c2ccccc2)no1. The molecule has 7 heteroatoms. The molecule has 0 aliphatic rings. The second-order valence-corrected chi connectivity index (χ2v) is 8.69. The van der Waals surface area contributed by atoms with Crippen molar-refractivity contribution in [2.45, 2.75) is 37.6 Å². The summed E-state index contributed by atoms with van der Waals surface area (Å²) in [4.78, 5) is 4.47. The van der Waals surface area contributed by atoms with E-state index in [1.54, 1.807) is 18.2 Å². The molecule has 0 spiro atoms. The van der Waals surface area contributed by atoms with Crippen molar-refractivity contribution < 1.29 is 12.9 Å². The van der Waals surface area contributed by atoms with Gasteiger partial charge in [-0.1, -0.05) is 74.5 Å². The fourth-order valence-electron chi connectivity index (χ4n) is 2.42. The molecular weight excluding hydrogens is 350 g/mol. The van der Waals surface area contributed by atoms with Gasteiger partial charge >= 0.3 is 0 Å². The summed E-state index contributed by atoms with van der Waals surface area (Å²) >= 11 is 0. The minimum absolute atomic E-state index is 0.0367. The fourth-order valence-corrected chi connectivity index (χ4v) is 3.63. The van der Waals surface area contributed by atoms with Crippen LogP contribution in [0.5, 0.6) is 0 Å². The van der Waals surface area contributed by atoms with E-state index >= 15 is 0 Å². The third kappa shape index (κ3) is 4.00. The van der Waals surface area contributed by atoms with Crippen molar-refractivity contribution in [3.63, 3.8) is 0 Å². The molecule has 1 N–H and O–H groups in total. The Kier molecular flexibility index (Phi) is 4.93. The van der Waals surface area contributed by atoms with E-state index in [-0.39, 0.29) is 16.9 Å². The number of benzene rings is 2. The summed E-state index contributed by atoms with van der Waals surface area (Å²) in [6, 6.07) is 16.3. The molecule has 26 heavy (non-hydrogen) atoms. The topological polar surface area (TPSA) is 85.1 Å². The first-order chi connectivity index (χ1) is 12.3. The van der Waals surface area contributed by atoms with Crippen LogP contribution >= 0.6 is 0 Å². The first kappa shape index (κ1) is 18.3. The molecule has 0 saturated carbocycles. The van der Waals surface area contributed by atoms with Crippen LogP contribution in [0.15, 0.2) is 64.0 Å². The Morgan fingerprint density at radius 2 is 1.65 bits per heavy atom. The summed E-state index contributed by atoms with van der Waals surface area (Å²) in [5, 5.41) is 3.85. The van der Waals surface area contributed by atoms with Gasteiger partial charge in [0, 0.05) is 11.0 Å². The maximum Gasteiger partial charge on any atom is 0.241 e. The van der Waals surface area contributed by atoms with Crippen molar-refractivity contribution >= 4 is 10.0 Å². The zero-order valence-corrected chi connectivity index (χ0v) is 15.7. The Balaban J connectivity index is 1.85. The molecule has 6 nitrogen and oxygen atoms in total. The van der Waals surface area contributed by atoms with E-state index in [1.165, 1.54) is 0 Å². The van der Waals surface area contributed by atoms with Crippen LogP contribution in [0.2, 0.25) is 0 Å². The first-order valence-electron chi connectivity index (χ1n) is 8.24. The highest BCUT2D eigenvalue weighted by Crippen LogP contribution is 2.27. The van der Waals surface area contributed by atoms with Gasteiger partial charge in [0.25, 0.3) is 0 Å². The summed E-state index contributed by atoms with van der Waals surface area (Å²) in [7, 11) is -3.74. The van der Waals surface area contributed by atoms with Gasteiger partial charge in [0.15, 0.2) is 5.82 Å². The number of nitrogens with zero attached hydrogens (tertiary/aromatic N) is 2. The van der Waals surface area contributed by atoms with Gasteiger partial charge in [-0.25, -0.2) is 13.1 Å². The zero-order chi connectivity index (χ0) is 18.8.